The quantitative estimate of drug-likeness (QED) is 0.274. The second-order valence-electron chi connectivity index (χ2n) is 5.73. The zero-order valence-corrected chi connectivity index (χ0v) is 19.9. The van der Waals surface area contributed by atoms with Crippen molar-refractivity contribution in [3.63, 3.8) is 0 Å². The number of halogens is 2. The van der Waals surface area contributed by atoms with Crippen LogP contribution in [0.1, 0.15) is 20.3 Å². The minimum absolute atomic E-state index is 0. The molecule has 0 atom stereocenters. The Morgan fingerprint density at radius 2 is 1.33 bits per heavy atom. The number of rotatable bonds is 1. The molecule has 27 heavy (non-hydrogen) atoms. The van der Waals surface area contributed by atoms with Gasteiger partial charge in [-0.1, -0.05) is 56.2 Å². The number of hydrogen-bond acceptors (Lipinski definition) is 0. The van der Waals surface area contributed by atoms with Crippen molar-refractivity contribution in [2.24, 2.45) is 5.92 Å². The molecule has 0 aromatic heterocycles. The summed E-state index contributed by atoms with van der Waals surface area (Å²) in [6.07, 6.45) is 8.47. The first-order valence-electron chi connectivity index (χ1n) is 7.80. The fourth-order valence-corrected chi connectivity index (χ4v) is 2.72. The molecule has 1 aliphatic rings. The molecule has 0 spiro atoms. The maximum absolute atomic E-state index is 3.14. The van der Waals surface area contributed by atoms with Gasteiger partial charge in [0.25, 0.3) is 0 Å². The van der Waals surface area contributed by atoms with E-state index < -0.39 is 0 Å². The summed E-state index contributed by atoms with van der Waals surface area (Å²) in [5.74, 6) is 0.685. The maximum atomic E-state index is 3.14. The molecule has 3 aromatic carbocycles. The molecule has 0 N–H and O–H groups in total. The van der Waals surface area contributed by atoms with Gasteiger partial charge in [-0.2, -0.15) is 11.6 Å². The molecular weight excluding hydrogens is 434 g/mol. The van der Waals surface area contributed by atoms with Gasteiger partial charge in [0, 0.05) is 0 Å². The number of benzene rings is 2. The van der Waals surface area contributed by atoms with E-state index in [9.17, 15) is 0 Å². The summed E-state index contributed by atoms with van der Waals surface area (Å²) < 4.78 is 0. The predicted molar refractivity (Wildman–Crippen MR) is 116 cm³/mol. The van der Waals surface area contributed by atoms with Gasteiger partial charge < -0.3 is 14.9 Å². The molecule has 0 heterocycles. The molecule has 0 fully saturated rings. The Labute approximate surface area is 180 Å². The summed E-state index contributed by atoms with van der Waals surface area (Å²) in [5, 5.41) is 5.39. The van der Waals surface area contributed by atoms with Crippen molar-refractivity contribution in [3.8, 4) is 0 Å². The molecule has 0 unspecified atom stereocenters. The van der Waals surface area contributed by atoms with Crippen LogP contribution in [-0.4, -0.2) is 6.88 Å². The van der Waals surface area contributed by atoms with Crippen LogP contribution in [-0.2, 0) is 23.3 Å². The first-order chi connectivity index (χ1) is 11.3. The fraction of sp³-hybridized carbons (Fsp3) is 0.174. The van der Waals surface area contributed by atoms with Gasteiger partial charge in [0.1, 0.15) is 0 Å². The van der Waals surface area contributed by atoms with Crippen LogP contribution in [0.5, 0.6) is 0 Å². The van der Waals surface area contributed by atoms with E-state index in [0.29, 0.717) is 5.92 Å². The molecule has 0 nitrogen and oxygen atoms in total. The monoisotopic (exact) mass is 460 g/mol. The Balaban J connectivity index is -0.000000368. The van der Waals surface area contributed by atoms with E-state index in [0.717, 1.165) is 6.42 Å². The van der Waals surface area contributed by atoms with Crippen molar-refractivity contribution in [1.82, 2.24) is 0 Å². The molecular formula is C23H28F2SiZr-4. The summed E-state index contributed by atoms with van der Waals surface area (Å²) in [6.45, 7) is 7.47. The van der Waals surface area contributed by atoms with E-state index in [1.165, 1.54) is 50.5 Å². The summed E-state index contributed by atoms with van der Waals surface area (Å²) in [5.41, 5.74) is 1.44. The first kappa shape index (κ1) is 30.5. The first-order valence-corrected chi connectivity index (χ1v) is 12.0. The normalized spacial score (nSPS) is 10.7. The van der Waals surface area contributed by atoms with Crippen LogP contribution in [0.25, 0.3) is 21.5 Å². The molecule has 0 saturated carbocycles. The van der Waals surface area contributed by atoms with Crippen molar-refractivity contribution >= 4 is 28.4 Å². The zero-order valence-electron chi connectivity index (χ0n) is 16.5. The molecule has 0 bridgehead atoms. The van der Waals surface area contributed by atoms with Crippen molar-refractivity contribution in [2.75, 3.05) is 0 Å². The summed E-state index contributed by atoms with van der Waals surface area (Å²) >= 11 is 1.36. The topological polar surface area (TPSA) is 0 Å². The van der Waals surface area contributed by atoms with Gasteiger partial charge in [0.05, 0.1) is 0 Å². The molecule has 4 heteroatoms. The van der Waals surface area contributed by atoms with E-state index in [4.69, 9.17) is 0 Å². The van der Waals surface area contributed by atoms with Crippen LogP contribution in [0.4, 0.5) is 9.41 Å². The van der Waals surface area contributed by atoms with Gasteiger partial charge in [-0.05, 0) is 0 Å². The third kappa shape index (κ3) is 8.11. The summed E-state index contributed by atoms with van der Waals surface area (Å²) in [7, 11) is 0. The number of hydrogen-bond donors (Lipinski definition) is 0. The average molecular weight is 462 g/mol. The van der Waals surface area contributed by atoms with E-state index in [1.54, 1.807) is 0 Å². The number of allylic oxidation sites excluding steroid dienone is 4. The summed E-state index contributed by atoms with van der Waals surface area (Å²) in [6, 6.07) is 19.3. The average Bonchev–Trinajstić information content (AvgIpc) is 3.25. The molecule has 0 aliphatic heterocycles. The molecule has 3 aromatic rings. The van der Waals surface area contributed by atoms with Crippen LogP contribution in [0, 0.1) is 26.8 Å². The Morgan fingerprint density at radius 3 is 1.67 bits per heavy atom. The van der Waals surface area contributed by atoms with Gasteiger partial charge in [-0.25, -0.2) is 6.08 Å². The van der Waals surface area contributed by atoms with Gasteiger partial charge in [-0.15, -0.1) is 46.2 Å². The van der Waals surface area contributed by atoms with Gasteiger partial charge >= 0.3 is 30.2 Å². The second kappa shape index (κ2) is 15.8. The van der Waals surface area contributed by atoms with Gasteiger partial charge in [0.2, 0.25) is 0 Å². The Kier molecular flexibility index (Phi) is 17.8. The minimum atomic E-state index is 0. The Morgan fingerprint density at radius 1 is 0.889 bits per heavy atom. The molecule has 2 radical (unpaired) electrons. The van der Waals surface area contributed by atoms with E-state index in [1.807, 2.05) is 0 Å². The number of fused-ring (bicyclic) bond motifs is 3. The molecule has 0 saturated heterocycles. The van der Waals surface area contributed by atoms with E-state index in [-0.39, 0.29) is 24.3 Å². The van der Waals surface area contributed by atoms with Crippen molar-refractivity contribution in [3.05, 3.63) is 93.3 Å². The minimum Gasteiger partial charge on any atom is -0.126 e. The Bertz CT molecular complexity index is 784. The third-order valence-electron chi connectivity index (χ3n) is 3.91. The maximum Gasteiger partial charge on any atom is -0.0771 e. The smallest absolute Gasteiger partial charge is 0.0771 e. The van der Waals surface area contributed by atoms with Crippen molar-refractivity contribution < 1.29 is 32.7 Å². The zero-order chi connectivity index (χ0) is 16.7. The largest absolute Gasteiger partial charge is 0.126 e. The van der Waals surface area contributed by atoms with Crippen molar-refractivity contribution in [2.45, 2.75) is 20.3 Å². The molecule has 0 amide bonds. The molecule has 4 rings (SSSR count). The van der Waals surface area contributed by atoms with Crippen molar-refractivity contribution in [1.29, 1.82) is 0 Å². The van der Waals surface area contributed by atoms with E-state index >= 15 is 0 Å². The molecule has 146 valence electrons. The molecule has 1 aliphatic carbocycles. The fourth-order valence-electron chi connectivity index (χ4n) is 2.72. The van der Waals surface area contributed by atoms with Crippen LogP contribution in [0.3, 0.4) is 0 Å². The Hall–Kier alpha value is -1.25. The van der Waals surface area contributed by atoms with Crippen LogP contribution in [0.15, 0.2) is 72.3 Å². The SMILES string of the molecule is CC(C)C1=CC[C-]=C1.F.F.[CH3-].[CH3-].[Si]=[Zr].c1ccc2c(c1)[cH-]c1ccccc12. The summed E-state index contributed by atoms with van der Waals surface area (Å²) in [4.78, 5) is 0. The van der Waals surface area contributed by atoms with Crippen LogP contribution in [0.2, 0.25) is 0 Å². The van der Waals surface area contributed by atoms with Crippen LogP contribution >= 0.6 is 0 Å². The second-order valence-corrected chi connectivity index (χ2v) is 5.73. The van der Waals surface area contributed by atoms with Gasteiger partial charge in [0.15, 0.2) is 0 Å². The van der Waals surface area contributed by atoms with Crippen LogP contribution < -0.4 is 0 Å². The third-order valence-corrected chi connectivity index (χ3v) is 3.91. The van der Waals surface area contributed by atoms with E-state index in [2.05, 4.69) is 93.6 Å². The predicted octanol–water partition coefficient (Wildman–Crippen LogP) is 6.87. The van der Waals surface area contributed by atoms with Gasteiger partial charge in [-0.3, -0.25) is 15.5 Å². The standard InChI is InChI=1S/C13H9.C8H11.2CH3.2FH.Si.Zr/c1-3-7-12-10(5-1)9-11-6-2-4-8-13(11)12;1-7(2)8-5-3-4-6-8;;;;;;/h1-9H;5-7H,3H2,1-2H3;2*1H3;2*1H;;/q4*-1;;;;.